The average Bonchev–Trinajstić information content (AvgIpc) is 3.53. The molecule has 35 heavy (non-hydrogen) atoms. The summed E-state index contributed by atoms with van der Waals surface area (Å²) in [6.07, 6.45) is 2.97. The third-order valence-electron chi connectivity index (χ3n) is 6.64. The number of halogens is 1. The zero-order chi connectivity index (χ0) is 24.5. The van der Waals surface area contributed by atoms with Crippen LogP contribution in [0.5, 0.6) is 0 Å². The number of furan rings is 1. The fourth-order valence-electron chi connectivity index (χ4n) is 4.97. The van der Waals surface area contributed by atoms with Crippen LogP contribution in [0.15, 0.2) is 53.1 Å². The van der Waals surface area contributed by atoms with Gasteiger partial charge in [0.25, 0.3) is 5.91 Å². The van der Waals surface area contributed by atoms with E-state index in [0.29, 0.717) is 61.2 Å². The lowest BCUT2D eigenvalue weighted by Crippen LogP contribution is -2.51. The summed E-state index contributed by atoms with van der Waals surface area (Å²) in [5.74, 6) is 0.572. The number of hydrogen-bond donors (Lipinski definition) is 0. The van der Waals surface area contributed by atoms with Crippen LogP contribution in [0.2, 0.25) is 5.02 Å². The Balaban J connectivity index is 1.30. The molecule has 0 saturated carbocycles. The Hall–Kier alpha value is -3.10. The van der Waals surface area contributed by atoms with Crippen LogP contribution in [0.3, 0.4) is 0 Å². The molecule has 0 N–H and O–H groups in total. The molecule has 2 aliphatic heterocycles. The zero-order valence-corrected chi connectivity index (χ0v) is 20.6. The molecule has 3 aromatic rings. The topological polar surface area (TPSA) is 80.8 Å². The smallest absolute Gasteiger partial charge is 0.274 e. The van der Waals surface area contributed by atoms with E-state index in [1.54, 1.807) is 40.1 Å². The molecule has 0 unspecified atom stereocenters. The molecule has 5 rings (SSSR count). The Morgan fingerprint density at radius 2 is 1.69 bits per heavy atom. The molecule has 0 spiro atoms. The molecule has 8 nitrogen and oxygen atoms in total. The van der Waals surface area contributed by atoms with Crippen molar-refractivity contribution in [1.29, 1.82) is 0 Å². The van der Waals surface area contributed by atoms with Crippen LogP contribution in [0.1, 0.15) is 37.2 Å². The Bertz CT molecular complexity index is 1170. The van der Waals surface area contributed by atoms with Gasteiger partial charge in [-0.15, -0.1) is 0 Å². The van der Waals surface area contributed by atoms with Gasteiger partial charge in [-0.1, -0.05) is 11.6 Å². The number of carbonyl (C=O) groups excluding carboxylic acids is 2. The van der Waals surface area contributed by atoms with E-state index in [1.807, 2.05) is 36.9 Å². The summed E-state index contributed by atoms with van der Waals surface area (Å²) >= 11 is 6.05. The van der Waals surface area contributed by atoms with Gasteiger partial charge < -0.3 is 19.0 Å². The van der Waals surface area contributed by atoms with Crippen molar-refractivity contribution in [1.82, 2.24) is 19.6 Å². The number of piperidine rings is 1. The Kier molecular flexibility index (Phi) is 6.67. The van der Waals surface area contributed by atoms with Gasteiger partial charge in [-0.3, -0.25) is 9.59 Å². The second-order valence-electron chi connectivity index (χ2n) is 9.35. The predicted octanol–water partition coefficient (Wildman–Crippen LogP) is 4.27. The van der Waals surface area contributed by atoms with Crippen molar-refractivity contribution >= 4 is 23.4 Å². The Morgan fingerprint density at radius 3 is 2.31 bits per heavy atom. The van der Waals surface area contributed by atoms with Gasteiger partial charge in [0.15, 0.2) is 11.5 Å². The van der Waals surface area contributed by atoms with E-state index >= 15 is 0 Å². The third-order valence-corrected chi connectivity index (χ3v) is 6.89. The maximum Gasteiger partial charge on any atom is 0.274 e. The van der Waals surface area contributed by atoms with Gasteiger partial charge in [-0.05, 0) is 63.1 Å². The largest absolute Gasteiger partial charge is 0.463 e. The van der Waals surface area contributed by atoms with E-state index in [4.69, 9.17) is 20.8 Å². The van der Waals surface area contributed by atoms with Crippen molar-refractivity contribution in [2.24, 2.45) is 5.92 Å². The van der Waals surface area contributed by atoms with Gasteiger partial charge in [0.2, 0.25) is 5.91 Å². The van der Waals surface area contributed by atoms with Crippen molar-refractivity contribution in [3.8, 4) is 17.1 Å². The van der Waals surface area contributed by atoms with E-state index < -0.39 is 0 Å². The van der Waals surface area contributed by atoms with Crippen LogP contribution in [-0.2, 0) is 9.53 Å². The number of hydrogen-bond acceptors (Lipinski definition) is 5. The maximum atomic E-state index is 13.4. The number of carbonyl (C=O) groups is 2. The first kappa shape index (κ1) is 23.6. The fourth-order valence-corrected chi connectivity index (χ4v) is 5.10. The van der Waals surface area contributed by atoms with E-state index in [2.05, 4.69) is 5.10 Å². The summed E-state index contributed by atoms with van der Waals surface area (Å²) in [5, 5.41) is 5.24. The zero-order valence-electron chi connectivity index (χ0n) is 19.9. The van der Waals surface area contributed by atoms with Crippen LogP contribution >= 0.6 is 11.6 Å². The molecule has 1 aromatic carbocycles. The van der Waals surface area contributed by atoms with Crippen molar-refractivity contribution in [2.75, 3.05) is 26.2 Å². The minimum absolute atomic E-state index is 0.0449. The number of rotatable bonds is 4. The lowest BCUT2D eigenvalue weighted by molar-refractivity contribution is -0.148. The predicted molar refractivity (Wildman–Crippen MR) is 131 cm³/mol. The molecule has 2 fully saturated rings. The average molecular weight is 497 g/mol. The molecule has 2 saturated heterocycles. The standard InChI is InChI=1S/C26H29ClN4O4/c1-17-15-30(16-18(2)35-17)25(32)19-9-11-29(12-10-19)26(33)22-14-23(24-4-3-13-34-24)31(28-22)21-7-5-20(27)6-8-21/h3-8,13-14,17-19H,9-12,15-16H2,1-2H3/t17-,18-/m0/s1. The van der Waals surface area contributed by atoms with Crippen LogP contribution in [0.4, 0.5) is 0 Å². The number of ether oxygens (including phenoxy) is 1. The Morgan fingerprint density at radius 1 is 1.00 bits per heavy atom. The minimum atomic E-state index is -0.148. The first-order valence-electron chi connectivity index (χ1n) is 12.0. The second kappa shape index (κ2) is 9.87. The molecular formula is C26H29ClN4O4. The highest BCUT2D eigenvalue weighted by Crippen LogP contribution is 2.28. The number of benzene rings is 1. The summed E-state index contributed by atoms with van der Waals surface area (Å²) in [5.41, 5.74) is 1.80. The fraction of sp³-hybridized carbons (Fsp3) is 0.423. The van der Waals surface area contributed by atoms with Gasteiger partial charge in [0, 0.05) is 43.2 Å². The van der Waals surface area contributed by atoms with E-state index in [9.17, 15) is 9.59 Å². The van der Waals surface area contributed by atoms with Crippen molar-refractivity contribution in [3.63, 3.8) is 0 Å². The van der Waals surface area contributed by atoms with Gasteiger partial charge in [-0.25, -0.2) is 4.68 Å². The summed E-state index contributed by atoms with van der Waals surface area (Å²) in [4.78, 5) is 30.2. The molecule has 2 atom stereocenters. The van der Waals surface area contributed by atoms with Crippen molar-refractivity contribution in [3.05, 3.63) is 59.4 Å². The van der Waals surface area contributed by atoms with Gasteiger partial charge in [0.1, 0.15) is 5.69 Å². The first-order chi connectivity index (χ1) is 16.9. The highest BCUT2D eigenvalue weighted by atomic mass is 35.5. The molecule has 0 radical (unpaired) electrons. The lowest BCUT2D eigenvalue weighted by atomic mass is 9.94. The van der Waals surface area contributed by atoms with Crippen molar-refractivity contribution in [2.45, 2.75) is 38.9 Å². The molecule has 2 aromatic heterocycles. The number of likely N-dealkylation sites (tertiary alicyclic amines) is 1. The maximum absolute atomic E-state index is 13.4. The van der Waals surface area contributed by atoms with Crippen LogP contribution in [-0.4, -0.2) is 69.8 Å². The SMILES string of the molecule is C[C@H]1CN(C(=O)C2CCN(C(=O)c3cc(-c4ccco4)n(-c4ccc(Cl)cc4)n3)CC2)C[C@H](C)O1. The Labute approximate surface area is 209 Å². The second-order valence-corrected chi connectivity index (χ2v) is 9.78. The molecule has 0 aliphatic carbocycles. The molecule has 2 amide bonds. The molecule has 9 heteroatoms. The molecule has 0 bridgehead atoms. The quantitative estimate of drug-likeness (QED) is 0.538. The van der Waals surface area contributed by atoms with Gasteiger partial charge >= 0.3 is 0 Å². The third kappa shape index (κ3) is 4.99. The van der Waals surface area contributed by atoms with Crippen LogP contribution in [0, 0.1) is 5.92 Å². The summed E-state index contributed by atoms with van der Waals surface area (Å²) in [6, 6.07) is 12.6. The summed E-state index contributed by atoms with van der Waals surface area (Å²) in [6.45, 7) is 6.29. The lowest BCUT2D eigenvalue weighted by Gasteiger charge is -2.39. The monoisotopic (exact) mass is 496 g/mol. The van der Waals surface area contributed by atoms with E-state index in [-0.39, 0.29) is 29.9 Å². The highest BCUT2D eigenvalue weighted by molar-refractivity contribution is 6.30. The van der Waals surface area contributed by atoms with Gasteiger partial charge in [0.05, 0.1) is 24.2 Å². The highest BCUT2D eigenvalue weighted by Gasteiger charge is 2.34. The molecule has 2 aliphatic rings. The number of morpholine rings is 1. The van der Waals surface area contributed by atoms with Crippen molar-refractivity contribution < 1.29 is 18.7 Å². The van der Waals surface area contributed by atoms with Crippen LogP contribution in [0.25, 0.3) is 17.1 Å². The van der Waals surface area contributed by atoms with E-state index in [0.717, 1.165) is 5.69 Å². The number of amides is 2. The minimum Gasteiger partial charge on any atom is -0.463 e. The number of aromatic nitrogens is 2. The molecule has 4 heterocycles. The van der Waals surface area contributed by atoms with Gasteiger partial charge in [-0.2, -0.15) is 5.10 Å². The number of nitrogens with zero attached hydrogens (tertiary/aromatic N) is 4. The molecular weight excluding hydrogens is 468 g/mol. The summed E-state index contributed by atoms with van der Waals surface area (Å²) in [7, 11) is 0. The van der Waals surface area contributed by atoms with E-state index in [1.165, 1.54) is 0 Å². The molecule has 184 valence electrons. The van der Waals surface area contributed by atoms with Crippen LogP contribution < -0.4 is 0 Å². The summed E-state index contributed by atoms with van der Waals surface area (Å²) < 4.78 is 13.0. The normalized spacial score (nSPS) is 21.3. The first-order valence-corrected chi connectivity index (χ1v) is 12.4.